The number of hydrogen-bond acceptors (Lipinski definition) is 2. The van der Waals surface area contributed by atoms with Gasteiger partial charge in [0, 0.05) is 42.4 Å². The van der Waals surface area contributed by atoms with Crippen molar-refractivity contribution in [3.8, 4) is 0 Å². The normalized spacial score (nSPS) is 16.6. The van der Waals surface area contributed by atoms with Gasteiger partial charge in [-0.15, -0.1) is 0 Å². The molecule has 5 heteroatoms. The number of hydrogen-bond donors (Lipinski definition) is 0. The van der Waals surface area contributed by atoms with E-state index in [0.717, 1.165) is 29.8 Å². The van der Waals surface area contributed by atoms with Gasteiger partial charge in [-0.3, -0.25) is 9.78 Å². The van der Waals surface area contributed by atoms with Crippen molar-refractivity contribution in [3.05, 3.63) is 101 Å². The number of piperidine rings is 1. The summed E-state index contributed by atoms with van der Waals surface area (Å²) in [5.41, 5.74) is 3.41. The lowest BCUT2D eigenvalue weighted by Gasteiger charge is -2.32. The summed E-state index contributed by atoms with van der Waals surface area (Å²) in [4.78, 5) is 19.4. The van der Waals surface area contributed by atoms with E-state index in [1.807, 2.05) is 23.1 Å². The number of carbonyl (C=O) groups is 1. The zero-order valence-corrected chi connectivity index (χ0v) is 16.0. The number of carbonyl (C=O) groups excluding carboxylic acids is 1. The van der Waals surface area contributed by atoms with Crippen LogP contribution < -0.4 is 0 Å². The monoisotopic (exact) mass is 392 g/mol. The molecule has 0 N–H and O–H groups in total. The number of nitrogens with zero attached hydrogens (tertiary/aromatic N) is 2. The average molecular weight is 392 g/mol. The number of rotatable bonds is 4. The zero-order chi connectivity index (χ0) is 20.2. The molecule has 0 unspecified atom stereocenters. The third-order valence-electron chi connectivity index (χ3n) is 5.34. The highest BCUT2D eigenvalue weighted by atomic mass is 19.1. The Bertz CT molecular complexity index is 987. The van der Waals surface area contributed by atoms with Crippen LogP contribution in [0.25, 0.3) is 0 Å². The molecule has 148 valence electrons. The Morgan fingerprint density at radius 1 is 0.966 bits per heavy atom. The van der Waals surface area contributed by atoms with Gasteiger partial charge in [-0.2, -0.15) is 0 Å². The Balaban J connectivity index is 1.47. The number of pyridine rings is 1. The van der Waals surface area contributed by atoms with Crippen LogP contribution in [-0.4, -0.2) is 28.9 Å². The lowest BCUT2D eigenvalue weighted by atomic mass is 9.93. The van der Waals surface area contributed by atoms with Crippen molar-refractivity contribution >= 4 is 5.91 Å². The molecule has 3 nitrogen and oxygen atoms in total. The topological polar surface area (TPSA) is 33.2 Å². The van der Waals surface area contributed by atoms with E-state index in [1.165, 1.54) is 36.4 Å². The largest absolute Gasteiger partial charge is 0.338 e. The van der Waals surface area contributed by atoms with Crippen LogP contribution >= 0.6 is 0 Å². The van der Waals surface area contributed by atoms with Gasteiger partial charge in [0.25, 0.3) is 5.91 Å². The van der Waals surface area contributed by atoms with Gasteiger partial charge in [0.1, 0.15) is 11.6 Å². The van der Waals surface area contributed by atoms with Crippen molar-refractivity contribution in [3.63, 3.8) is 0 Å². The summed E-state index contributed by atoms with van der Waals surface area (Å²) >= 11 is 0. The fourth-order valence-corrected chi connectivity index (χ4v) is 3.81. The van der Waals surface area contributed by atoms with Crippen molar-refractivity contribution in [2.45, 2.75) is 25.2 Å². The van der Waals surface area contributed by atoms with Gasteiger partial charge in [0.15, 0.2) is 0 Å². The summed E-state index contributed by atoms with van der Waals surface area (Å²) < 4.78 is 26.2. The van der Waals surface area contributed by atoms with Crippen LogP contribution in [-0.2, 0) is 6.42 Å². The molecule has 1 amide bonds. The van der Waals surface area contributed by atoms with E-state index in [1.54, 1.807) is 12.1 Å². The second-order valence-corrected chi connectivity index (χ2v) is 7.45. The summed E-state index contributed by atoms with van der Waals surface area (Å²) in [6, 6.07) is 18.1. The molecule has 2 aromatic carbocycles. The Morgan fingerprint density at radius 3 is 2.38 bits per heavy atom. The van der Waals surface area contributed by atoms with Gasteiger partial charge < -0.3 is 4.90 Å². The SMILES string of the molecule is O=C(c1ccc(F)cc1)N1CCC[C@@H](c2cccc(Cc3ccc(F)cc3)n2)C1. The fourth-order valence-electron chi connectivity index (χ4n) is 3.81. The van der Waals surface area contributed by atoms with E-state index in [2.05, 4.69) is 0 Å². The molecule has 2 heterocycles. The van der Waals surface area contributed by atoms with Gasteiger partial charge in [-0.25, -0.2) is 8.78 Å². The molecular formula is C24H22F2N2O. The van der Waals surface area contributed by atoms with Crippen molar-refractivity contribution in [1.29, 1.82) is 0 Å². The summed E-state index contributed by atoms with van der Waals surface area (Å²) in [6.45, 7) is 1.30. The molecule has 0 bridgehead atoms. The smallest absolute Gasteiger partial charge is 0.253 e. The lowest BCUT2D eigenvalue weighted by molar-refractivity contribution is 0.0706. The summed E-state index contributed by atoms with van der Waals surface area (Å²) in [5.74, 6) is -0.498. The molecular weight excluding hydrogens is 370 g/mol. The van der Waals surface area contributed by atoms with Crippen LogP contribution in [0.4, 0.5) is 8.78 Å². The van der Waals surface area contributed by atoms with Crippen LogP contribution in [0.2, 0.25) is 0 Å². The molecule has 0 aliphatic carbocycles. The molecule has 1 atom stereocenters. The molecule has 0 spiro atoms. The van der Waals surface area contributed by atoms with Gasteiger partial charge >= 0.3 is 0 Å². The number of aromatic nitrogens is 1. The van der Waals surface area contributed by atoms with Gasteiger partial charge in [-0.05, 0) is 66.9 Å². The van der Waals surface area contributed by atoms with E-state index in [-0.39, 0.29) is 23.5 Å². The molecule has 0 radical (unpaired) electrons. The average Bonchev–Trinajstić information content (AvgIpc) is 2.76. The minimum atomic E-state index is -0.347. The third-order valence-corrected chi connectivity index (χ3v) is 5.34. The van der Waals surface area contributed by atoms with Crippen LogP contribution in [0, 0.1) is 11.6 Å². The molecule has 1 aliphatic rings. The first-order chi connectivity index (χ1) is 14.1. The summed E-state index contributed by atoms with van der Waals surface area (Å²) in [6.07, 6.45) is 2.51. The Morgan fingerprint density at radius 2 is 1.66 bits per heavy atom. The number of halogens is 2. The van der Waals surface area contributed by atoms with E-state index in [4.69, 9.17) is 4.98 Å². The van der Waals surface area contributed by atoms with Gasteiger partial charge in [-0.1, -0.05) is 18.2 Å². The maximum absolute atomic E-state index is 13.1. The predicted octanol–water partition coefficient (Wildman–Crippen LogP) is 4.97. The number of benzene rings is 2. The van der Waals surface area contributed by atoms with Crippen LogP contribution in [0.5, 0.6) is 0 Å². The quantitative estimate of drug-likeness (QED) is 0.628. The number of amides is 1. The van der Waals surface area contributed by atoms with E-state index in [0.29, 0.717) is 25.1 Å². The highest BCUT2D eigenvalue weighted by Gasteiger charge is 2.26. The fraction of sp³-hybridized carbons (Fsp3) is 0.250. The number of likely N-dealkylation sites (tertiary alicyclic amines) is 1. The first kappa shape index (κ1) is 19.2. The highest BCUT2D eigenvalue weighted by Crippen LogP contribution is 2.27. The standard InChI is InChI=1S/C24H22F2N2O/c25-20-10-6-17(7-11-20)15-22-4-1-5-23(27-22)19-3-2-14-28(16-19)24(29)18-8-12-21(26)13-9-18/h1,4-13,19H,2-3,14-16H2/t19-/m1/s1. The van der Waals surface area contributed by atoms with Crippen molar-refractivity contribution in [1.82, 2.24) is 9.88 Å². The Hall–Kier alpha value is -3.08. The maximum Gasteiger partial charge on any atom is 0.253 e. The molecule has 1 aromatic heterocycles. The van der Waals surface area contributed by atoms with Crippen LogP contribution in [0.1, 0.15) is 46.1 Å². The molecule has 1 saturated heterocycles. The van der Waals surface area contributed by atoms with Crippen LogP contribution in [0.15, 0.2) is 66.7 Å². The molecule has 0 saturated carbocycles. The van der Waals surface area contributed by atoms with Crippen molar-refractivity contribution in [2.24, 2.45) is 0 Å². The maximum atomic E-state index is 13.1. The van der Waals surface area contributed by atoms with E-state index < -0.39 is 0 Å². The summed E-state index contributed by atoms with van der Waals surface area (Å²) in [7, 11) is 0. The van der Waals surface area contributed by atoms with Crippen LogP contribution in [0.3, 0.4) is 0 Å². The minimum Gasteiger partial charge on any atom is -0.338 e. The summed E-state index contributed by atoms with van der Waals surface area (Å²) in [5, 5.41) is 0. The first-order valence-electron chi connectivity index (χ1n) is 9.83. The Labute approximate surface area is 169 Å². The molecule has 3 aromatic rings. The lowest BCUT2D eigenvalue weighted by Crippen LogP contribution is -2.39. The zero-order valence-electron chi connectivity index (χ0n) is 16.0. The molecule has 1 fully saturated rings. The predicted molar refractivity (Wildman–Crippen MR) is 108 cm³/mol. The van der Waals surface area contributed by atoms with E-state index >= 15 is 0 Å². The second kappa shape index (κ2) is 8.52. The Kier molecular flexibility index (Phi) is 5.65. The van der Waals surface area contributed by atoms with Crippen molar-refractivity contribution in [2.75, 3.05) is 13.1 Å². The minimum absolute atomic E-state index is 0.0721. The molecule has 29 heavy (non-hydrogen) atoms. The first-order valence-corrected chi connectivity index (χ1v) is 9.83. The third kappa shape index (κ3) is 4.67. The molecule has 1 aliphatic heterocycles. The van der Waals surface area contributed by atoms with Crippen molar-refractivity contribution < 1.29 is 13.6 Å². The highest BCUT2D eigenvalue weighted by molar-refractivity contribution is 5.94. The molecule has 4 rings (SSSR count). The van der Waals surface area contributed by atoms with E-state index in [9.17, 15) is 13.6 Å². The van der Waals surface area contributed by atoms with Gasteiger partial charge in [0.2, 0.25) is 0 Å². The second-order valence-electron chi connectivity index (χ2n) is 7.45. The van der Waals surface area contributed by atoms with Gasteiger partial charge in [0.05, 0.1) is 0 Å².